The van der Waals surface area contributed by atoms with E-state index in [1.54, 1.807) is 12.5 Å². The smallest absolute Gasteiger partial charge is 0.284 e. The van der Waals surface area contributed by atoms with E-state index in [0.717, 1.165) is 42.0 Å². The van der Waals surface area contributed by atoms with Crippen molar-refractivity contribution in [3.8, 4) is 28.6 Å². The van der Waals surface area contributed by atoms with Crippen molar-refractivity contribution in [3.63, 3.8) is 0 Å². The monoisotopic (exact) mass is 389 g/mol. The van der Waals surface area contributed by atoms with E-state index in [9.17, 15) is 4.79 Å². The molecule has 8 heteroatoms. The van der Waals surface area contributed by atoms with Crippen LogP contribution in [0.2, 0.25) is 0 Å². The number of hydrogen-bond donors (Lipinski definition) is 1. The van der Waals surface area contributed by atoms with Gasteiger partial charge in [0, 0.05) is 29.3 Å². The third-order valence-electron chi connectivity index (χ3n) is 5.65. The second kappa shape index (κ2) is 6.95. The van der Waals surface area contributed by atoms with E-state index in [1.165, 1.54) is 12.8 Å². The van der Waals surface area contributed by atoms with Crippen molar-refractivity contribution in [1.82, 2.24) is 34.3 Å². The predicted molar refractivity (Wildman–Crippen MR) is 109 cm³/mol. The maximum Gasteiger partial charge on any atom is 0.284 e. The highest BCUT2D eigenvalue weighted by molar-refractivity contribution is 5.65. The van der Waals surface area contributed by atoms with Gasteiger partial charge >= 0.3 is 0 Å². The molecular weight excluding hydrogens is 366 g/mol. The Labute approximate surface area is 168 Å². The number of pyridine rings is 1. The first kappa shape index (κ1) is 17.8. The number of aryl methyl sites for hydroxylation is 2. The van der Waals surface area contributed by atoms with Crippen LogP contribution in [0.3, 0.4) is 0 Å². The van der Waals surface area contributed by atoms with Crippen molar-refractivity contribution in [3.05, 3.63) is 52.6 Å². The van der Waals surface area contributed by atoms with Crippen LogP contribution < -0.4 is 5.56 Å². The summed E-state index contributed by atoms with van der Waals surface area (Å²) in [5, 5.41) is 3.44. The first-order valence-corrected chi connectivity index (χ1v) is 10.1. The number of nitrogens with one attached hydrogen (secondary N) is 1. The van der Waals surface area contributed by atoms with Crippen molar-refractivity contribution >= 4 is 0 Å². The van der Waals surface area contributed by atoms with Gasteiger partial charge in [0.15, 0.2) is 11.6 Å². The summed E-state index contributed by atoms with van der Waals surface area (Å²) in [6.07, 6.45) is 10.6. The Hall–Kier alpha value is -3.29. The fourth-order valence-electron chi connectivity index (χ4n) is 4.24. The molecule has 0 spiro atoms. The highest BCUT2D eigenvalue weighted by atomic mass is 16.1. The third kappa shape index (κ3) is 3.04. The van der Waals surface area contributed by atoms with Crippen LogP contribution in [0.5, 0.6) is 0 Å². The van der Waals surface area contributed by atoms with E-state index >= 15 is 0 Å². The second-order valence-electron chi connectivity index (χ2n) is 7.63. The van der Waals surface area contributed by atoms with Crippen molar-refractivity contribution in [2.24, 2.45) is 0 Å². The molecule has 3 aliphatic rings. The minimum absolute atomic E-state index is 0.228. The van der Waals surface area contributed by atoms with E-state index in [-0.39, 0.29) is 5.56 Å². The van der Waals surface area contributed by atoms with Crippen molar-refractivity contribution < 1.29 is 0 Å². The molecule has 0 atom stereocenters. The second-order valence-corrected chi connectivity index (χ2v) is 7.63. The molecule has 2 aromatic heterocycles. The molecule has 148 valence electrons. The molecule has 0 radical (unpaired) electrons. The van der Waals surface area contributed by atoms with E-state index < -0.39 is 0 Å². The predicted octanol–water partition coefficient (Wildman–Crippen LogP) is 3.30. The molecule has 2 aliphatic heterocycles. The lowest BCUT2D eigenvalue weighted by Gasteiger charge is -2.14. The zero-order valence-corrected chi connectivity index (χ0v) is 16.6. The lowest BCUT2D eigenvalue weighted by Crippen LogP contribution is -2.17. The first-order chi connectivity index (χ1) is 14.1. The molecule has 0 bridgehead atoms. The Bertz CT molecular complexity index is 1180. The van der Waals surface area contributed by atoms with Crippen molar-refractivity contribution in [2.45, 2.75) is 52.0 Å². The molecule has 4 heterocycles. The van der Waals surface area contributed by atoms with E-state index in [2.05, 4.69) is 24.7 Å². The van der Waals surface area contributed by atoms with Gasteiger partial charge in [-0.15, -0.1) is 0 Å². The van der Waals surface area contributed by atoms with Crippen LogP contribution in [0.15, 0.2) is 35.6 Å². The highest BCUT2D eigenvalue weighted by Crippen LogP contribution is 2.34. The number of rotatable bonds is 4. The molecular formula is C21H23N7O. The summed E-state index contributed by atoms with van der Waals surface area (Å²) in [5.41, 5.74) is 2.90. The Balaban J connectivity index is 1.69. The van der Waals surface area contributed by atoms with Gasteiger partial charge in [-0.3, -0.25) is 19.1 Å². The Morgan fingerprint density at radius 2 is 2.00 bits per heavy atom. The van der Waals surface area contributed by atoms with Crippen LogP contribution in [0, 0.1) is 6.92 Å². The summed E-state index contributed by atoms with van der Waals surface area (Å²) in [5.74, 6) is 1.87. The molecule has 5 rings (SSSR count). The average Bonchev–Trinajstić information content (AvgIpc) is 3.46. The Morgan fingerprint density at radius 1 is 1.17 bits per heavy atom. The average molecular weight is 389 g/mol. The largest absolute Gasteiger partial charge is 0.300 e. The lowest BCUT2D eigenvalue weighted by atomic mass is 10.1. The fourth-order valence-corrected chi connectivity index (χ4v) is 4.24. The summed E-state index contributed by atoms with van der Waals surface area (Å²) >= 11 is 0. The number of fused-ring (bicyclic) bond motifs is 1. The highest BCUT2D eigenvalue weighted by Gasteiger charge is 2.27. The SMILES string of the molecule is CCc1[nH]n(C2CCCC2)c2nc(-c3cc(C)nc(-n4ccnc4)c3)nc(=O)c1-2. The number of hydrogen-bond acceptors (Lipinski definition) is 5. The molecule has 0 aromatic carbocycles. The van der Waals surface area contributed by atoms with Gasteiger partial charge in [0.25, 0.3) is 5.56 Å². The molecule has 8 nitrogen and oxygen atoms in total. The van der Waals surface area contributed by atoms with Gasteiger partial charge < -0.3 is 0 Å². The number of aromatic nitrogens is 7. The molecule has 1 N–H and O–H groups in total. The zero-order chi connectivity index (χ0) is 20.0. The van der Waals surface area contributed by atoms with Crippen LogP contribution in [0.4, 0.5) is 0 Å². The summed E-state index contributed by atoms with van der Waals surface area (Å²) in [7, 11) is 0. The van der Waals surface area contributed by atoms with Crippen LogP contribution in [0.25, 0.3) is 28.6 Å². The van der Waals surface area contributed by atoms with Gasteiger partial charge in [-0.2, -0.15) is 4.98 Å². The van der Waals surface area contributed by atoms with E-state index in [4.69, 9.17) is 4.98 Å². The number of nitrogens with zero attached hydrogens (tertiary/aromatic N) is 6. The normalized spacial score (nSPS) is 14.8. The molecule has 29 heavy (non-hydrogen) atoms. The Morgan fingerprint density at radius 3 is 2.72 bits per heavy atom. The standard InChI is InChI=1S/C21H23N7O/c1-3-16-18-20(28(26-16)15-6-4-5-7-15)24-19(25-21(18)29)14-10-13(2)23-17(11-14)27-9-8-22-12-27/h8-12,15,26H,3-7H2,1-2H3. The van der Waals surface area contributed by atoms with E-state index in [1.807, 2.05) is 36.7 Å². The van der Waals surface area contributed by atoms with Gasteiger partial charge in [0.1, 0.15) is 17.7 Å². The van der Waals surface area contributed by atoms with Crippen molar-refractivity contribution in [2.75, 3.05) is 0 Å². The third-order valence-corrected chi connectivity index (χ3v) is 5.65. The van der Waals surface area contributed by atoms with Crippen LogP contribution >= 0.6 is 0 Å². The summed E-state index contributed by atoms with van der Waals surface area (Å²) in [4.78, 5) is 30.8. The first-order valence-electron chi connectivity index (χ1n) is 10.1. The minimum atomic E-state index is -0.228. The maximum absolute atomic E-state index is 13.0. The maximum atomic E-state index is 13.0. The van der Waals surface area contributed by atoms with Crippen LogP contribution in [0.1, 0.15) is 50.0 Å². The molecule has 0 amide bonds. The summed E-state index contributed by atoms with van der Waals surface area (Å²) in [6.45, 7) is 3.96. The van der Waals surface area contributed by atoms with E-state index in [0.29, 0.717) is 23.3 Å². The molecule has 2 aromatic rings. The van der Waals surface area contributed by atoms with Gasteiger partial charge in [-0.25, -0.2) is 15.0 Å². The molecule has 0 saturated heterocycles. The minimum Gasteiger partial charge on any atom is -0.300 e. The zero-order valence-electron chi connectivity index (χ0n) is 16.6. The molecule has 1 saturated carbocycles. The molecule has 0 unspecified atom stereocenters. The Kier molecular flexibility index (Phi) is 4.26. The van der Waals surface area contributed by atoms with Crippen LogP contribution in [-0.2, 0) is 6.42 Å². The van der Waals surface area contributed by atoms with Crippen LogP contribution in [-0.4, -0.2) is 34.3 Å². The fraction of sp³-hybridized carbons (Fsp3) is 0.381. The number of imidazole rings is 1. The lowest BCUT2D eigenvalue weighted by molar-refractivity contribution is 0.464. The van der Waals surface area contributed by atoms with Gasteiger partial charge in [0.05, 0.1) is 6.04 Å². The summed E-state index contributed by atoms with van der Waals surface area (Å²) in [6, 6.07) is 4.16. The van der Waals surface area contributed by atoms with Gasteiger partial charge in [-0.1, -0.05) is 19.8 Å². The molecule has 1 aliphatic carbocycles. The summed E-state index contributed by atoms with van der Waals surface area (Å²) < 4.78 is 3.93. The van der Waals surface area contributed by atoms with Gasteiger partial charge in [0.2, 0.25) is 0 Å². The number of H-pyrrole nitrogens is 1. The topological polar surface area (TPSA) is 94.3 Å². The number of aromatic amines is 1. The quantitative estimate of drug-likeness (QED) is 0.578. The van der Waals surface area contributed by atoms with Gasteiger partial charge in [-0.05, 0) is 38.3 Å². The molecule has 1 fully saturated rings. The van der Waals surface area contributed by atoms with Crippen molar-refractivity contribution in [1.29, 1.82) is 0 Å².